The van der Waals surface area contributed by atoms with Crippen molar-refractivity contribution < 1.29 is 9.53 Å². The number of ether oxygens (including phenoxy) is 1. The van der Waals surface area contributed by atoms with Gasteiger partial charge in [-0.05, 0) is 112 Å². The van der Waals surface area contributed by atoms with Crippen LogP contribution in [0.2, 0.25) is 0 Å². The normalized spacial score (nSPS) is 50.8. The Balaban J connectivity index is 1.37. The maximum Gasteiger partial charge on any atom is 0.138 e. The number of hydrogen-bond acceptors (Lipinski definition) is 2. The number of rotatable bonds is 4. The van der Waals surface area contributed by atoms with Crippen molar-refractivity contribution in [2.45, 2.75) is 124 Å². The lowest BCUT2D eigenvalue weighted by molar-refractivity contribution is -0.201. The summed E-state index contributed by atoms with van der Waals surface area (Å²) in [5, 5.41) is 0. The summed E-state index contributed by atoms with van der Waals surface area (Å²) in [6.45, 7) is 21.5. The fourth-order valence-corrected chi connectivity index (χ4v) is 10.3. The Morgan fingerprint density at radius 2 is 1.56 bits per heavy atom. The highest BCUT2D eigenvalue weighted by atomic mass is 16.6. The molecule has 0 amide bonds. The molecule has 0 aromatic carbocycles. The van der Waals surface area contributed by atoms with Crippen LogP contribution in [0.4, 0.5) is 0 Å². The van der Waals surface area contributed by atoms with Crippen molar-refractivity contribution in [3.63, 3.8) is 0 Å². The summed E-state index contributed by atoms with van der Waals surface area (Å²) < 4.78 is 5.85. The molecule has 4 aliphatic carbocycles. The average molecular weight is 441 g/mol. The minimum atomic E-state index is -0.142. The zero-order valence-electron chi connectivity index (χ0n) is 22.0. The second-order valence-corrected chi connectivity index (χ2v) is 14.4. The monoisotopic (exact) mass is 440 g/mol. The highest BCUT2D eigenvalue weighted by Gasteiger charge is 2.68. The number of allylic oxidation sites excluding steroid dienone is 1. The Morgan fingerprint density at radius 3 is 2.22 bits per heavy atom. The van der Waals surface area contributed by atoms with Crippen LogP contribution < -0.4 is 0 Å². The minimum Gasteiger partial charge on any atom is -0.367 e. The van der Waals surface area contributed by atoms with Crippen molar-refractivity contribution in [3.8, 4) is 0 Å². The van der Waals surface area contributed by atoms with E-state index in [2.05, 4.69) is 55.0 Å². The van der Waals surface area contributed by atoms with E-state index >= 15 is 0 Å². The number of epoxide rings is 1. The Labute approximate surface area is 197 Å². The van der Waals surface area contributed by atoms with E-state index in [4.69, 9.17) is 4.74 Å². The molecule has 0 bridgehead atoms. The number of fused-ring (bicyclic) bond motifs is 5. The van der Waals surface area contributed by atoms with Crippen LogP contribution in [0.15, 0.2) is 12.2 Å². The maximum atomic E-state index is 12.9. The highest BCUT2D eigenvalue weighted by Crippen LogP contribution is 2.75. The van der Waals surface area contributed by atoms with Crippen LogP contribution in [0, 0.1) is 45.3 Å². The summed E-state index contributed by atoms with van der Waals surface area (Å²) >= 11 is 0. The SMILES string of the molecule is C=C(CCC1OC1(C)C)C1CCC2(C)C1CCC1C3(C)CCC(=O)C(C)(C)C3CCC12C. The zero-order valence-corrected chi connectivity index (χ0v) is 22.0. The van der Waals surface area contributed by atoms with Crippen molar-refractivity contribution in [1.82, 2.24) is 0 Å². The van der Waals surface area contributed by atoms with Crippen LogP contribution >= 0.6 is 0 Å². The minimum absolute atomic E-state index is 0.0965. The van der Waals surface area contributed by atoms with E-state index in [0.29, 0.717) is 40.0 Å². The molecule has 1 heterocycles. The predicted octanol–water partition coefficient (Wildman–Crippen LogP) is 7.75. The lowest BCUT2D eigenvalue weighted by Gasteiger charge is -2.69. The quantitative estimate of drug-likeness (QED) is 0.330. The predicted molar refractivity (Wildman–Crippen MR) is 131 cm³/mol. The molecule has 0 aromatic heterocycles. The Bertz CT molecular complexity index is 823. The molecule has 180 valence electrons. The van der Waals surface area contributed by atoms with Crippen LogP contribution in [0.3, 0.4) is 0 Å². The van der Waals surface area contributed by atoms with Gasteiger partial charge in [-0.25, -0.2) is 0 Å². The van der Waals surface area contributed by atoms with Crippen LogP contribution in [0.25, 0.3) is 0 Å². The summed E-state index contributed by atoms with van der Waals surface area (Å²) in [5.74, 6) is 3.33. The summed E-state index contributed by atoms with van der Waals surface area (Å²) in [6.07, 6.45) is 12.6. The standard InChI is InChI=1S/C30H48O2/c1-19(9-12-25-27(4,5)32-25)20-13-17-29(7)21(20)10-11-23-28(6)16-15-24(31)26(2,3)22(28)14-18-30(23,29)8/h20-23,25H,1,9-18H2,2-8H3. The number of hydrogen-bond donors (Lipinski definition) is 0. The Hall–Kier alpha value is -0.630. The maximum absolute atomic E-state index is 12.9. The van der Waals surface area contributed by atoms with E-state index in [1.165, 1.54) is 44.1 Å². The van der Waals surface area contributed by atoms with E-state index in [0.717, 1.165) is 37.5 Å². The molecule has 0 N–H and O–H groups in total. The molecule has 5 aliphatic rings. The summed E-state index contributed by atoms with van der Waals surface area (Å²) in [7, 11) is 0. The summed E-state index contributed by atoms with van der Waals surface area (Å²) in [5.41, 5.74) is 2.60. The van der Waals surface area contributed by atoms with Crippen LogP contribution in [0.1, 0.15) is 113 Å². The van der Waals surface area contributed by atoms with Gasteiger partial charge in [0.2, 0.25) is 0 Å². The second-order valence-electron chi connectivity index (χ2n) is 14.4. The van der Waals surface area contributed by atoms with Gasteiger partial charge in [-0.15, -0.1) is 0 Å². The van der Waals surface area contributed by atoms with E-state index in [9.17, 15) is 4.79 Å². The smallest absolute Gasteiger partial charge is 0.138 e. The zero-order chi connectivity index (χ0) is 23.3. The lowest BCUT2D eigenvalue weighted by Crippen LogP contribution is -2.63. The lowest BCUT2D eigenvalue weighted by atomic mass is 9.35. The van der Waals surface area contributed by atoms with Gasteiger partial charge >= 0.3 is 0 Å². The van der Waals surface area contributed by atoms with Crippen molar-refractivity contribution in [3.05, 3.63) is 12.2 Å². The first-order valence-electron chi connectivity index (χ1n) is 13.7. The first-order chi connectivity index (χ1) is 14.8. The van der Waals surface area contributed by atoms with Crippen LogP contribution in [-0.4, -0.2) is 17.5 Å². The molecule has 4 saturated carbocycles. The topological polar surface area (TPSA) is 29.6 Å². The van der Waals surface area contributed by atoms with Gasteiger partial charge in [0, 0.05) is 11.8 Å². The Kier molecular flexibility index (Phi) is 5.03. The van der Waals surface area contributed by atoms with Gasteiger partial charge < -0.3 is 4.74 Å². The molecule has 2 nitrogen and oxygen atoms in total. The number of Topliss-reactive ketones (excluding diaryl/α,β-unsaturated/α-hetero) is 1. The second kappa shape index (κ2) is 6.96. The number of carbonyl (C=O) groups is 1. The van der Waals surface area contributed by atoms with Gasteiger partial charge in [0.25, 0.3) is 0 Å². The van der Waals surface area contributed by atoms with Gasteiger partial charge in [-0.3, -0.25) is 4.79 Å². The molecule has 8 atom stereocenters. The molecule has 8 unspecified atom stereocenters. The fraction of sp³-hybridized carbons (Fsp3) is 0.900. The van der Waals surface area contributed by atoms with Crippen LogP contribution in [-0.2, 0) is 9.53 Å². The third-order valence-corrected chi connectivity index (χ3v) is 12.6. The van der Waals surface area contributed by atoms with E-state index in [-0.39, 0.29) is 11.0 Å². The number of carbonyl (C=O) groups excluding carboxylic acids is 1. The molecule has 0 aromatic rings. The van der Waals surface area contributed by atoms with Gasteiger partial charge in [-0.1, -0.05) is 46.8 Å². The molecule has 32 heavy (non-hydrogen) atoms. The highest BCUT2D eigenvalue weighted by molar-refractivity contribution is 5.85. The summed E-state index contributed by atoms with van der Waals surface area (Å²) in [4.78, 5) is 12.9. The van der Waals surface area contributed by atoms with Gasteiger partial charge in [-0.2, -0.15) is 0 Å². The molecule has 1 aliphatic heterocycles. The van der Waals surface area contributed by atoms with Gasteiger partial charge in [0.05, 0.1) is 11.7 Å². The van der Waals surface area contributed by atoms with Gasteiger partial charge in [0.15, 0.2) is 0 Å². The van der Waals surface area contributed by atoms with Gasteiger partial charge in [0.1, 0.15) is 5.78 Å². The summed E-state index contributed by atoms with van der Waals surface area (Å²) in [6, 6.07) is 0. The first-order valence-corrected chi connectivity index (χ1v) is 13.7. The third kappa shape index (κ3) is 2.96. The largest absolute Gasteiger partial charge is 0.367 e. The van der Waals surface area contributed by atoms with E-state index in [1.807, 2.05) is 0 Å². The molecule has 0 radical (unpaired) electrons. The fourth-order valence-electron chi connectivity index (χ4n) is 10.3. The third-order valence-electron chi connectivity index (χ3n) is 12.6. The van der Waals surface area contributed by atoms with Crippen molar-refractivity contribution >= 4 is 5.78 Å². The molecule has 1 saturated heterocycles. The molecule has 5 fully saturated rings. The molecule has 0 spiro atoms. The number of ketones is 1. The van der Waals surface area contributed by atoms with Crippen molar-refractivity contribution in [1.29, 1.82) is 0 Å². The first kappa shape index (κ1) is 23.1. The Morgan fingerprint density at radius 1 is 0.906 bits per heavy atom. The average Bonchev–Trinajstić information content (AvgIpc) is 3.15. The van der Waals surface area contributed by atoms with E-state index < -0.39 is 0 Å². The van der Waals surface area contributed by atoms with E-state index in [1.54, 1.807) is 0 Å². The van der Waals surface area contributed by atoms with Crippen molar-refractivity contribution in [2.75, 3.05) is 0 Å². The molecular weight excluding hydrogens is 392 g/mol. The molecular formula is C30H48O2. The van der Waals surface area contributed by atoms with Crippen LogP contribution in [0.5, 0.6) is 0 Å². The van der Waals surface area contributed by atoms with Crippen molar-refractivity contribution in [2.24, 2.45) is 45.3 Å². The molecule has 5 rings (SSSR count). The molecule has 2 heteroatoms.